The van der Waals surface area contributed by atoms with Crippen LogP contribution in [0.15, 0.2) is 47.4 Å². The molecule has 0 fully saturated rings. The number of nitrogens with one attached hydrogen (secondary N) is 2. The molecule has 1 heterocycles. The van der Waals surface area contributed by atoms with E-state index in [0.29, 0.717) is 17.1 Å². The first-order valence-electron chi connectivity index (χ1n) is 12.8. The predicted molar refractivity (Wildman–Crippen MR) is 143 cm³/mol. The van der Waals surface area contributed by atoms with E-state index in [1.807, 2.05) is 30.3 Å². The van der Waals surface area contributed by atoms with Crippen LogP contribution >= 0.6 is 0 Å². The largest absolute Gasteiger partial charge is 0.496 e. The number of fused-ring (bicyclic) bond motifs is 1. The Morgan fingerprint density at radius 3 is 2.41 bits per heavy atom. The maximum absolute atomic E-state index is 13.9. The number of hydrogen-bond donors (Lipinski definition) is 4. The van der Waals surface area contributed by atoms with Crippen LogP contribution in [0.1, 0.15) is 75.1 Å². The number of rotatable bonds is 13. The number of hydrogen-bond acceptors (Lipinski definition) is 6. The van der Waals surface area contributed by atoms with E-state index in [0.717, 1.165) is 41.7 Å². The van der Waals surface area contributed by atoms with Crippen LogP contribution in [0.25, 0.3) is 0 Å². The van der Waals surface area contributed by atoms with Crippen LogP contribution in [0.2, 0.25) is 0 Å². The topological polar surface area (TPSA) is 125 Å². The fourth-order valence-electron chi connectivity index (χ4n) is 4.96. The van der Waals surface area contributed by atoms with Gasteiger partial charge in [0.2, 0.25) is 0 Å². The van der Waals surface area contributed by atoms with Crippen molar-refractivity contribution in [3.05, 3.63) is 59.2 Å². The zero-order valence-corrected chi connectivity index (χ0v) is 22.6. The molecule has 1 unspecified atom stereocenters. The molecule has 1 aliphatic heterocycles. The number of carboxylic acid groups (broad SMARTS) is 2. The van der Waals surface area contributed by atoms with Crippen molar-refractivity contribution >= 4 is 22.7 Å². The molecule has 0 saturated heterocycles. The molecule has 3 atom stereocenters. The lowest BCUT2D eigenvalue weighted by molar-refractivity contribution is -0.139. The van der Waals surface area contributed by atoms with Crippen LogP contribution in [0.5, 0.6) is 5.75 Å². The SMILES string of the molecule is CCCC[C@]1(CC)CS(=O)c2cc(CNC(CC(=O)O)CC(=O)O)c(OC)cc2[C@@H](c2ccccc2)N1. The number of methoxy groups -OCH3 is 1. The van der Waals surface area contributed by atoms with Crippen LogP contribution in [0.4, 0.5) is 0 Å². The second kappa shape index (κ2) is 13.2. The van der Waals surface area contributed by atoms with Gasteiger partial charge in [0.05, 0.1) is 36.8 Å². The molecule has 3 rings (SSSR count). The van der Waals surface area contributed by atoms with Crippen molar-refractivity contribution in [1.82, 2.24) is 10.6 Å². The summed E-state index contributed by atoms with van der Waals surface area (Å²) in [5, 5.41) is 25.3. The Morgan fingerprint density at radius 1 is 1.16 bits per heavy atom. The first kappa shape index (κ1) is 28.8. The molecule has 0 aliphatic carbocycles. The molecule has 9 heteroatoms. The minimum Gasteiger partial charge on any atom is -0.496 e. The fourth-order valence-corrected chi connectivity index (χ4v) is 6.77. The zero-order valence-electron chi connectivity index (χ0n) is 21.8. The zero-order chi connectivity index (χ0) is 27.0. The van der Waals surface area contributed by atoms with Gasteiger partial charge < -0.3 is 20.3 Å². The Bertz CT molecular complexity index is 1090. The Hall–Kier alpha value is -2.75. The molecule has 8 nitrogen and oxygen atoms in total. The van der Waals surface area contributed by atoms with E-state index in [4.69, 9.17) is 4.74 Å². The van der Waals surface area contributed by atoms with E-state index in [9.17, 15) is 24.0 Å². The summed E-state index contributed by atoms with van der Waals surface area (Å²) in [5.41, 5.74) is 2.39. The normalized spacial score (nSPS) is 21.3. The fraction of sp³-hybridized carbons (Fsp3) is 0.500. The summed E-state index contributed by atoms with van der Waals surface area (Å²) in [7, 11) is 0.276. The predicted octanol–water partition coefficient (Wildman–Crippen LogP) is 4.24. The second-order valence-electron chi connectivity index (χ2n) is 9.69. The Kier molecular flexibility index (Phi) is 10.3. The molecule has 37 heavy (non-hydrogen) atoms. The third-order valence-corrected chi connectivity index (χ3v) is 8.73. The van der Waals surface area contributed by atoms with Gasteiger partial charge >= 0.3 is 11.9 Å². The molecule has 0 saturated carbocycles. The van der Waals surface area contributed by atoms with Gasteiger partial charge in [0, 0.05) is 34.3 Å². The maximum Gasteiger partial charge on any atom is 0.304 e. The first-order chi connectivity index (χ1) is 17.7. The van der Waals surface area contributed by atoms with Gasteiger partial charge in [-0.25, -0.2) is 0 Å². The second-order valence-corrected chi connectivity index (χ2v) is 11.1. The highest BCUT2D eigenvalue weighted by molar-refractivity contribution is 7.85. The Labute approximate surface area is 221 Å². The van der Waals surface area contributed by atoms with Gasteiger partial charge in [-0.05, 0) is 36.1 Å². The Balaban J connectivity index is 2.05. The molecule has 0 radical (unpaired) electrons. The van der Waals surface area contributed by atoms with Gasteiger partial charge in [0.25, 0.3) is 0 Å². The van der Waals surface area contributed by atoms with Crippen molar-refractivity contribution in [1.29, 1.82) is 0 Å². The maximum atomic E-state index is 13.9. The van der Waals surface area contributed by atoms with Crippen LogP contribution < -0.4 is 15.4 Å². The summed E-state index contributed by atoms with van der Waals surface area (Å²) in [4.78, 5) is 23.2. The molecule has 0 spiro atoms. The molecular weight excluding hydrogens is 492 g/mol. The summed E-state index contributed by atoms with van der Waals surface area (Å²) in [6.07, 6.45) is 3.21. The van der Waals surface area contributed by atoms with Crippen LogP contribution in [0.3, 0.4) is 0 Å². The highest BCUT2D eigenvalue weighted by Crippen LogP contribution is 2.39. The summed E-state index contributed by atoms with van der Waals surface area (Å²) < 4.78 is 19.6. The number of unbranched alkanes of at least 4 members (excludes halogenated alkanes) is 1. The summed E-state index contributed by atoms with van der Waals surface area (Å²) in [6, 6.07) is 13.0. The number of aliphatic carboxylic acids is 2. The third-order valence-electron chi connectivity index (χ3n) is 7.07. The lowest BCUT2D eigenvalue weighted by Gasteiger charge is -2.36. The number of carbonyl (C=O) groups is 2. The van der Waals surface area contributed by atoms with Crippen LogP contribution in [-0.2, 0) is 26.9 Å². The third kappa shape index (κ3) is 7.40. The molecule has 202 valence electrons. The molecular formula is C28H38N2O6S. The number of benzene rings is 2. The van der Waals surface area contributed by atoms with Gasteiger partial charge in [-0.3, -0.25) is 19.1 Å². The van der Waals surface area contributed by atoms with E-state index in [2.05, 4.69) is 36.6 Å². The lowest BCUT2D eigenvalue weighted by Crippen LogP contribution is -2.49. The van der Waals surface area contributed by atoms with Gasteiger partial charge in [0.1, 0.15) is 5.75 Å². The molecule has 0 amide bonds. The van der Waals surface area contributed by atoms with E-state index in [1.54, 1.807) is 7.11 Å². The highest BCUT2D eigenvalue weighted by atomic mass is 32.2. The quantitative estimate of drug-likeness (QED) is 0.303. The minimum atomic E-state index is -1.29. The number of ether oxygens (including phenoxy) is 1. The van der Waals surface area contributed by atoms with E-state index in [-0.39, 0.29) is 31.0 Å². The van der Waals surface area contributed by atoms with Crippen LogP contribution in [-0.4, -0.2) is 50.8 Å². The molecule has 1 aliphatic rings. The molecule has 0 aromatic heterocycles. The Morgan fingerprint density at radius 2 is 1.84 bits per heavy atom. The van der Waals surface area contributed by atoms with E-state index in [1.165, 1.54) is 0 Å². The molecule has 4 N–H and O–H groups in total. The lowest BCUT2D eigenvalue weighted by atomic mass is 9.88. The summed E-state index contributed by atoms with van der Waals surface area (Å²) >= 11 is 0. The van der Waals surface area contributed by atoms with Crippen molar-refractivity contribution in [3.63, 3.8) is 0 Å². The summed E-state index contributed by atoms with van der Waals surface area (Å²) in [5.74, 6) is -1.09. The van der Waals surface area contributed by atoms with Crippen molar-refractivity contribution in [2.75, 3.05) is 12.9 Å². The highest BCUT2D eigenvalue weighted by Gasteiger charge is 2.38. The first-order valence-corrected chi connectivity index (χ1v) is 14.1. The average molecular weight is 531 g/mol. The van der Waals surface area contributed by atoms with Gasteiger partial charge in [-0.15, -0.1) is 0 Å². The monoisotopic (exact) mass is 530 g/mol. The van der Waals surface area contributed by atoms with Crippen molar-refractivity contribution < 1.29 is 28.7 Å². The average Bonchev–Trinajstić information content (AvgIpc) is 2.99. The molecule has 2 aromatic rings. The van der Waals surface area contributed by atoms with Crippen molar-refractivity contribution in [3.8, 4) is 5.75 Å². The minimum absolute atomic E-state index is 0.179. The number of carboxylic acids is 2. The molecule has 2 aromatic carbocycles. The van der Waals surface area contributed by atoms with E-state index < -0.39 is 28.8 Å². The van der Waals surface area contributed by atoms with Crippen molar-refractivity contribution in [2.45, 2.75) is 81.4 Å². The van der Waals surface area contributed by atoms with E-state index >= 15 is 0 Å². The van der Waals surface area contributed by atoms with Crippen molar-refractivity contribution in [2.24, 2.45) is 0 Å². The summed E-state index contributed by atoms with van der Waals surface area (Å²) in [6.45, 7) is 4.49. The standard InChI is InChI=1S/C28H38N2O6S/c1-4-6-12-28(5-2)18-37(35)24-13-20(17-29-21(14-25(31)32)15-26(33)34)23(36-3)16-22(24)27(30-28)19-10-8-7-9-11-19/h7-11,13,16,21,27,29-30H,4-6,12,14-15,17-18H2,1-3H3,(H,31,32)(H,33,34)/t27-,28-,37?/m1/s1. The van der Waals surface area contributed by atoms with Gasteiger partial charge in [0.15, 0.2) is 0 Å². The van der Waals surface area contributed by atoms with Crippen LogP contribution in [0, 0.1) is 0 Å². The van der Waals surface area contributed by atoms with Gasteiger partial charge in [-0.2, -0.15) is 0 Å². The molecule has 0 bridgehead atoms. The smallest absolute Gasteiger partial charge is 0.304 e. The van der Waals surface area contributed by atoms with Gasteiger partial charge in [-0.1, -0.05) is 57.0 Å².